The van der Waals surface area contributed by atoms with Crippen LogP contribution in [0.1, 0.15) is 39.5 Å². The summed E-state index contributed by atoms with van der Waals surface area (Å²) in [6.45, 7) is 6.21. The van der Waals surface area contributed by atoms with Crippen molar-refractivity contribution in [3.63, 3.8) is 0 Å². The molecule has 92 valence electrons. The number of hydrogen-bond donors (Lipinski definition) is 1. The number of ether oxygens (including phenoxy) is 1. The number of hydrogen-bond acceptors (Lipinski definition) is 3. The molecule has 0 unspecified atom stereocenters. The highest BCUT2D eigenvalue weighted by molar-refractivity contribution is 8.14. The molecule has 0 amide bonds. The Labute approximate surface area is 102 Å². The van der Waals surface area contributed by atoms with E-state index in [-0.39, 0.29) is 5.54 Å². The van der Waals surface area contributed by atoms with Crippen molar-refractivity contribution in [2.45, 2.75) is 51.1 Å². The van der Waals surface area contributed by atoms with E-state index in [4.69, 9.17) is 9.73 Å². The predicted octanol–water partition coefficient (Wildman–Crippen LogP) is 2.42. The lowest BCUT2D eigenvalue weighted by atomic mass is 9.93. The van der Waals surface area contributed by atoms with E-state index in [1.807, 2.05) is 11.8 Å². The molecule has 2 heterocycles. The van der Waals surface area contributed by atoms with E-state index < -0.39 is 0 Å². The second kappa shape index (κ2) is 5.41. The predicted molar refractivity (Wildman–Crippen MR) is 70.2 cm³/mol. The molecule has 2 fully saturated rings. The van der Waals surface area contributed by atoms with Crippen LogP contribution in [0.15, 0.2) is 4.99 Å². The zero-order valence-corrected chi connectivity index (χ0v) is 11.1. The van der Waals surface area contributed by atoms with Crippen molar-refractivity contribution >= 4 is 16.9 Å². The molecule has 0 bridgehead atoms. The molecule has 0 aliphatic carbocycles. The van der Waals surface area contributed by atoms with Crippen molar-refractivity contribution in [3.05, 3.63) is 0 Å². The van der Waals surface area contributed by atoms with Crippen LogP contribution in [0, 0.1) is 0 Å². The minimum atomic E-state index is 0.285. The fourth-order valence-corrected chi connectivity index (χ4v) is 3.53. The van der Waals surface area contributed by atoms with Crippen LogP contribution in [0.2, 0.25) is 0 Å². The molecule has 2 aliphatic rings. The number of amidine groups is 1. The zero-order chi connectivity index (χ0) is 11.4. The largest absolute Gasteiger partial charge is 0.381 e. The number of aliphatic imine (C=N–C) groups is 1. The SMILES string of the molecule is CCC(CC)N=C1NC2(CCOCC2)CS1. The molecule has 2 aliphatic heterocycles. The van der Waals surface area contributed by atoms with E-state index in [1.54, 1.807) is 0 Å². The van der Waals surface area contributed by atoms with E-state index in [9.17, 15) is 0 Å². The van der Waals surface area contributed by atoms with Gasteiger partial charge in [0.05, 0.1) is 11.6 Å². The molecule has 1 N–H and O–H groups in total. The Morgan fingerprint density at radius 2 is 2.06 bits per heavy atom. The van der Waals surface area contributed by atoms with Gasteiger partial charge in [-0.25, -0.2) is 0 Å². The van der Waals surface area contributed by atoms with Gasteiger partial charge in [0.2, 0.25) is 0 Å². The molecule has 1 spiro atoms. The summed E-state index contributed by atoms with van der Waals surface area (Å²) in [5, 5.41) is 4.80. The maximum atomic E-state index is 5.43. The highest BCUT2D eigenvalue weighted by Gasteiger charge is 2.38. The lowest BCUT2D eigenvalue weighted by Gasteiger charge is -2.32. The van der Waals surface area contributed by atoms with E-state index >= 15 is 0 Å². The van der Waals surface area contributed by atoms with Crippen LogP contribution in [0.3, 0.4) is 0 Å². The first kappa shape index (κ1) is 12.2. The van der Waals surface area contributed by atoms with Crippen molar-refractivity contribution in [1.29, 1.82) is 0 Å². The maximum Gasteiger partial charge on any atom is 0.157 e. The van der Waals surface area contributed by atoms with Gasteiger partial charge in [0, 0.05) is 19.0 Å². The van der Waals surface area contributed by atoms with Gasteiger partial charge in [-0.3, -0.25) is 4.99 Å². The van der Waals surface area contributed by atoms with Gasteiger partial charge in [0.15, 0.2) is 5.17 Å². The van der Waals surface area contributed by atoms with E-state index in [1.165, 1.54) is 0 Å². The molecule has 0 aromatic carbocycles. The lowest BCUT2D eigenvalue weighted by Crippen LogP contribution is -2.48. The molecule has 4 heteroatoms. The summed E-state index contributed by atoms with van der Waals surface area (Å²) in [4.78, 5) is 4.79. The third-order valence-corrected chi connectivity index (χ3v) is 4.73. The van der Waals surface area contributed by atoms with Gasteiger partial charge in [-0.15, -0.1) is 0 Å². The highest BCUT2D eigenvalue weighted by atomic mass is 32.2. The van der Waals surface area contributed by atoms with Crippen LogP contribution in [-0.4, -0.2) is 35.7 Å². The number of rotatable bonds is 3. The molecule has 0 saturated carbocycles. The van der Waals surface area contributed by atoms with Crippen molar-refractivity contribution in [3.8, 4) is 0 Å². The third-order valence-electron chi connectivity index (χ3n) is 3.55. The Morgan fingerprint density at radius 3 is 2.69 bits per heavy atom. The second-order valence-corrected chi connectivity index (χ2v) is 5.67. The topological polar surface area (TPSA) is 33.6 Å². The van der Waals surface area contributed by atoms with Gasteiger partial charge < -0.3 is 10.1 Å². The molecule has 0 atom stereocenters. The first-order valence-electron chi connectivity index (χ1n) is 6.34. The van der Waals surface area contributed by atoms with Crippen LogP contribution in [0.4, 0.5) is 0 Å². The summed E-state index contributed by atoms with van der Waals surface area (Å²) >= 11 is 1.89. The molecule has 0 radical (unpaired) electrons. The van der Waals surface area contributed by atoms with Gasteiger partial charge in [-0.2, -0.15) is 0 Å². The monoisotopic (exact) mass is 242 g/mol. The molecular formula is C12H22N2OS. The summed E-state index contributed by atoms with van der Waals surface area (Å²) in [6, 6.07) is 0.491. The molecule has 0 aromatic heterocycles. The minimum Gasteiger partial charge on any atom is -0.381 e. The lowest BCUT2D eigenvalue weighted by molar-refractivity contribution is 0.0555. The van der Waals surface area contributed by atoms with Gasteiger partial charge in [-0.05, 0) is 25.7 Å². The van der Waals surface area contributed by atoms with Gasteiger partial charge in [0.25, 0.3) is 0 Å². The summed E-state index contributed by atoms with van der Waals surface area (Å²) in [6.07, 6.45) is 4.53. The Morgan fingerprint density at radius 1 is 1.38 bits per heavy atom. The van der Waals surface area contributed by atoms with Gasteiger partial charge in [0.1, 0.15) is 0 Å². The number of nitrogens with one attached hydrogen (secondary N) is 1. The molecule has 2 rings (SSSR count). The Balaban J connectivity index is 1.96. The van der Waals surface area contributed by atoms with Crippen molar-refractivity contribution < 1.29 is 4.74 Å². The van der Waals surface area contributed by atoms with Crippen LogP contribution in [0.25, 0.3) is 0 Å². The highest BCUT2D eigenvalue weighted by Crippen LogP contribution is 2.32. The second-order valence-electron chi connectivity index (χ2n) is 4.71. The minimum absolute atomic E-state index is 0.285. The smallest absolute Gasteiger partial charge is 0.157 e. The first-order chi connectivity index (χ1) is 7.78. The number of nitrogens with zero attached hydrogens (tertiary/aromatic N) is 1. The third kappa shape index (κ3) is 2.72. The summed E-state index contributed by atoms with van der Waals surface area (Å²) in [5.74, 6) is 1.16. The molecule has 3 nitrogen and oxygen atoms in total. The van der Waals surface area contributed by atoms with Crippen LogP contribution in [0.5, 0.6) is 0 Å². The van der Waals surface area contributed by atoms with Crippen molar-refractivity contribution in [1.82, 2.24) is 5.32 Å². The summed E-state index contributed by atoms with van der Waals surface area (Å²) in [5.41, 5.74) is 0.285. The summed E-state index contributed by atoms with van der Waals surface area (Å²) in [7, 11) is 0. The average Bonchev–Trinajstić information content (AvgIpc) is 2.70. The number of thioether (sulfide) groups is 1. The van der Waals surface area contributed by atoms with Gasteiger partial charge in [-0.1, -0.05) is 25.6 Å². The standard InChI is InChI=1S/C12H22N2OS/c1-3-10(4-2)13-11-14-12(9-16-11)5-7-15-8-6-12/h10H,3-9H2,1-2H3,(H,13,14). The summed E-state index contributed by atoms with van der Waals surface area (Å²) < 4.78 is 5.43. The quantitative estimate of drug-likeness (QED) is 0.825. The molecule has 2 saturated heterocycles. The fraction of sp³-hybridized carbons (Fsp3) is 0.917. The fourth-order valence-electron chi connectivity index (χ4n) is 2.24. The Kier molecular flexibility index (Phi) is 4.14. The first-order valence-corrected chi connectivity index (χ1v) is 7.33. The zero-order valence-electron chi connectivity index (χ0n) is 10.3. The van der Waals surface area contributed by atoms with E-state index in [2.05, 4.69) is 19.2 Å². The van der Waals surface area contributed by atoms with Crippen molar-refractivity contribution in [2.24, 2.45) is 4.99 Å². The van der Waals surface area contributed by atoms with Crippen molar-refractivity contribution in [2.75, 3.05) is 19.0 Å². The Hall–Kier alpha value is -0.220. The molecular weight excluding hydrogens is 220 g/mol. The van der Waals surface area contributed by atoms with E-state index in [0.717, 1.165) is 49.8 Å². The van der Waals surface area contributed by atoms with Crippen LogP contribution in [-0.2, 0) is 4.74 Å². The maximum absolute atomic E-state index is 5.43. The van der Waals surface area contributed by atoms with Crippen LogP contribution < -0.4 is 5.32 Å². The van der Waals surface area contributed by atoms with Gasteiger partial charge >= 0.3 is 0 Å². The normalized spacial score (nSPS) is 26.6. The van der Waals surface area contributed by atoms with E-state index in [0.29, 0.717) is 6.04 Å². The molecule has 16 heavy (non-hydrogen) atoms. The average molecular weight is 242 g/mol. The molecule has 0 aromatic rings. The van der Waals surface area contributed by atoms with Crippen LogP contribution >= 0.6 is 11.8 Å². The Bertz CT molecular complexity index is 258.